The summed E-state index contributed by atoms with van der Waals surface area (Å²) in [7, 11) is 0. The van der Waals surface area contributed by atoms with E-state index in [9.17, 15) is 4.79 Å². The van der Waals surface area contributed by atoms with Gasteiger partial charge in [-0.2, -0.15) is 5.10 Å². The van der Waals surface area contributed by atoms with Gasteiger partial charge in [-0.3, -0.25) is 4.79 Å². The zero-order valence-corrected chi connectivity index (χ0v) is 11.3. The van der Waals surface area contributed by atoms with Crippen LogP contribution in [0.4, 0.5) is 0 Å². The standard InChI is InChI=1S/C13H18N4O2/c1-4-10(7-18)16-13(19)11-6-14-17-9(3)5-8(2)15-12(11)17/h5-6,10,18H,4,7H2,1-3H3,(H,16,19). The first kappa shape index (κ1) is 13.5. The summed E-state index contributed by atoms with van der Waals surface area (Å²) < 4.78 is 1.64. The number of hydrogen-bond donors (Lipinski definition) is 2. The van der Waals surface area contributed by atoms with Gasteiger partial charge in [0.05, 0.1) is 18.8 Å². The number of carbonyl (C=O) groups excluding carboxylic acids is 1. The zero-order valence-electron chi connectivity index (χ0n) is 11.3. The van der Waals surface area contributed by atoms with E-state index in [2.05, 4.69) is 15.4 Å². The van der Waals surface area contributed by atoms with Crippen molar-refractivity contribution in [1.29, 1.82) is 0 Å². The maximum Gasteiger partial charge on any atom is 0.257 e. The first-order valence-electron chi connectivity index (χ1n) is 6.30. The second-order valence-electron chi connectivity index (χ2n) is 4.59. The Kier molecular flexibility index (Phi) is 3.80. The van der Waals surface area contributed by atoms with E-state index in [1.54, 1.807) is 4.52 Å². The van der Waals surface area contributed by atoms with Crippen molar-refractivity contribution in [2.45, 2.75) is 33.2 Å². The van der Waals surface area contributed by atoms with Crippen LogP contribution in [-0.4, -0.2) is 38.3 Å². The van der Waals surface area contributed by atoms with Crippen LogP contribution in [0.2, 0.25) is 0 Å². The lowest BCUT2D eigenvalue weighted by atomic mass is 10.2. The molecule has 1 amide bonds. The lowest BCUT2D eigenvalue weighted by Gasteiger charge is -2.13. The van der Waals surface area contributed by atoms with Crippen LogP contribution in [0.1, 0.15) is 35.1 Å². The third-order valence-electron chi connectivity index (χ3n) is 3.07. The Bertz CT molecular complexity index is 602. The summed E-state index contributed by atoms with van der Waals surface area (Å²) in [4.78, 5) is 16.5. The summed E-state index contributed by atoms with van der Waals surface area (Å²) in [5.41, 5.74) is 2.74. The van der Waals surface area contributed by atoms with E-state index in [-0.39, 0.29) is 18.6 Å². The fraction of sp³-hybridized carbons (Fsp3) is 0.462. The first-order valence-corrected chi connectivity index (χ1v) is 6.30. The van der Waals surface area contributed by atoms with Crippen LogP contribution in [-0.2, 0) is 0 Å². The van der Waals surface area contributed by atoms with Crippen LogP contribution in [0.25, 0.3) is 5.65 Å². The molecule has 6 heteroatoms. The van der Waals surface area contributed by atoms with E-state index in [0.717, 1.165) is 11.4 Å². The third-order valence-corrected chi connectivity index (χ3v) is 3.07. The normalized spacial score (nSPS) is 12.6. The van der Waals surface area contributed by atoms with Crippen molar-refractivity contribution < 1.29 is 9.90 Å². The maximum atomic E-state index is 12.2. The lowest BCUT2D eigenvalue weighted by Crippen LogP contribution is -2.36. The Balaban J connectivity index is 2.38. The Hall–Kier alpha value is -1.95. The zero-order chi connectivity index (χ0) is 14.0. The molecule has 0 saturated carbocycles. The quantitative estimate of drug-likeness (QED) is 0.856. The van der Waals surface area contributed by atoms with Gasteiger partial charge in [-0.1, -0.05) is 6.92 Å². The molecule has 0 bridgehead atoms. The highest BCUT2D eigenvalue weighted by Gasteiger charge is 2.17. The smallest absolute Gasteiger partial charge is 0.257 e. The third kappa shape index (κ3) is 2.58. The van der Waals surface area contributed by atoms with Crippen LogP contribution in [0, 0.1) is 13.8 Å². The highest BCUT2D eigenvalue weighted by atomic mass is 16.3. The van der Waals surface area contributed by atoms with E-state index >= 15 is 0 Å². The number of aryl methyl sites for hydroxylation is 2. The molecule has 0 fully saturated rings. The van der Waals surface area contributed by atoms with Crippen LogP contribution >= 0.6 is 0 Å². The van der Waals surface area contributed by atoms with E-state index in [0.29, 0.717) is 17.6 Å². The van der Waals surface area contributed by atoms with Gasteiger partial charge < -0.3 is 10.4 Å². The average molecular weight is 262 g/mol. The SMILES string of the molecule is CCC(CO)NC(=O)c1cnn2c(C)cc(C)nc12. The Morgan fingerprint density at radius 1 is 1.53 bits per heavy atom. The Morgan fingerprint density at radius 3 is 2.89 bits per heavy atom. The number of aliphatic hydroxyl groups excluding tert-OH is 1. The molecule has 2 aromatic heterocycles. The predicted octanol–water partition coefficient (Wildman–Crippen LogP) is 0.847. The van der Waals surface area contributed by atoms with Gasteiger partial charge >= 0.3 is 0 Å². The minimum Gasteiger partial charge on any atom is -0.394 e. The van der Waals surface area contributed by atoms with Gasteiger partial charge in [0.15, 0.2) is 5.65 Å². The molecule has 0 aliphatic carbocycles. The molecule has 0 aliphatic heterocycles. The largest absolute Gasteiger partial charge is 0.394 e. The van der Waals surface area contributed by atoms with Crippen LogP contribution < -0.4 is 5.32 Å². The summed E-state index contributed by atoms with van der Waals surface area (Å²) >= 11 is 0. The summed E-state index contributed by atoms with van der Waals surface area (Å²) in [6.45, 7) is 5.62. The van der Waals surface area contributed by atoms with Crippen molar-refractivity contribution in [3.8, 4) is 0 Å². The number of hydrogen-bond acceptors (Lipinski definition) is 4. The number of fused-ring (bicyclic) bond motifs is 1. The van der Waals surface area contributed by atoms with Crippen LogP contribution in [0.3, 0.4) is 0 Å². The highest BCUT2D eigenvalue weighted by molar-refractivity contribution is 5.99. The van der Waals surface area contributed by atoms with Crippen molar-refractivity contribution in [1.82, 2.24) is 19.9 Å². The van der Waals surface area contributed by atoms with Gasteiger partial charge in [-0.15, -0.1) is 0 Å². The minimum absolute atomic E-state index is 0.0765. The number of carbonyl (C=O) groups is 1. The monoisotopic (exact) mass is 262 g/mol. The lowest BCUT2D eigenvalue weighted by molar-refractivity contribution is 0.0916. The molecule has 0 aromatic carbocycles. The van der Waals surface area contributed by atoms with Gasteiger partial charge in [0.1, 0.15) is 5.56 Å². The van der Waals surface area contributed by atoms with Crippen LogP contribution in [0.5, 0.6) is 0 Å². The fourth-order valence-corrected chi connectivity index (χ4v) is 1.97. The number of aliphatic hydroxyl groups is 1. The summed E-state index contributed by atoms with van der Waals surface area (Å²) in [5, 5.41) is 16.1. The second-order valence-corrected chi connectivity index (χ2v) is 4.59. The van der Waals surface area contributed by atoms with E-state index in [1.807, 2.05) is 26.8 Å². The molecule has 0 saturated heterocycles. The van der Waals surface area contributed by atoms with Crippen molar-refractivity contribution in [3.05, 3.63) is 29.2 Å². The molecule has 19 heavy (non-hydrogen) atoms. The molecule has 6 nitrogen and oxygen atoms in total. The molecular weight excluding hydrogens is 244 g/mol. The topological polar surface area (TPSA) is 79.5 Å². The fourth-order valence-electron chi connectivity index (χ4n) is 1.97. The molecule has 0 radical (unpaired) electrons. The van der Waals surface area contributed by atoms with Gasteiger partial charge in [0.2, 0.25) is 0 Å². The average Bonchev–Trinajstić information content (AvgIpc) is 2.79. The number of rotatable bonds is 4. The molecular formula is C13H18N4O2. The molecule has 0 aliphatic rings. The second kappa shape index (κ2) is 5.36. The van der Waals surface area contributed by atoms with Gasteiger partial charge in [0.25, 0.3) is 5.91 Å². The van der Waals surface area contributed by atoms with Gasteiger partial charge in [-0.25, -0.2) is 9.50 Å². The molecule has 0 spiro atoms. The van der Waals surface area contributed by atoms with Crippen molar-refractivity contribution in [2.24, 2.45) is 0 Å². The summed E-state index contributed by atoms with van der Waals surface area (Å²) in [6, 6.07) is 1.66. The first-order chi connectivity index (χ1) is 9.06. The Labute approximate surface area is 111 Å². The number of nitrogens with zero attached hydrogens (tertiary/aromatic N) is 3. The molecule has 1 atom stereocenters. The summed E-state index contributed by atoms with van der Waals surface area (Å²) in [6.07, 6.45) is 2.18. The van der Waals surface area contributed by atoms with Crippen LogP contribution in [0.15, 0.2) is 12.3 Å². The molecule has 2 aromatic rings. The maximum absolute atomic E-state index is 12.2. The highest BCUT2D eigenvalue weighted by Crippen LogP contribution is 2.12. The number of aromatic nitrogens is 3. The minimum atomic E-state index is -0.256. The van der Waals surface area contributed by atoms with Crippen molar-refractivity contribution in [3.63, 3.8) is 0 Å². The molecule has 102 valence electrons. The van der Waals surface area contributed by atoms with Gasteiger partial charge in [0, 0.05) is 11.4 Å². The molecule has 1 unspecified atom stereocenters. The summed E-state index contributed by atoms with van der Waals surface area (Å²) in [5.74, 6) is -0.256. The number of amides is 1. The molecule has 2 N–H and O–H groups in total. The Morgan fingerprint density at radius 2 is 2.26 bits per heavy atom. The molecule has 2 heterocycles. The van der Waals surface area contributed by atoms with E-state index in [4.69, 9.17) is 5.11 Å². The van der Waals surface area contributed by atoms with Gasteiger partial charge in [-0.05, 0) is 26.3 Å². The van der Waals surface area contributed by atoms with Crippen molar-refractivity contribution in [2.75, 3.05) is 6.61 Å². The predicted molar refractivity (Wildman–Crippen MR) is 71.1 cm³/mol. The van der Waals surface area contributed by atoms with E-state index in [1.165, 1.54) is 6.20 Å². The number of nitrogens with one attached hydrogen (secondary N) is 1. The van der Waals surface area contributed by atoms with Crippen molar-refractivity contribution >= 4 is 11.6 Å². The van der Waals surface area contributed by atoms with E-state index < -0.39 is 0 Å². The molecule has 2 rings (SSSR count).